The molecular weight excluding hydrogens is 138 g/mol. The van der Waals surface area contributed by atoms with Crippen molar-refractivity contribution in [1.29, 1.82) is 0 Å². The molecule has 0 fully saturated rings. The van der Waals surface area contributed by atoms with Crippen molar-refractivity contribution in [2.75, 3.05) is 13.3 Å². The van der Waals surface area contributed by atoms with Crippen LogP contribution >= 0.6 is 8.03 Å². The van der Waals surface area contributed by atoms with Crippen LogP contribution in [0.1, 0.15) is 13.3 Å². The first-order valence-corrected chi connectivity index (χ1v) is 4.22. The monoisotopic (exact) mass is 152 g/mol. The first-order chi connectivity index (χ1) is 3.27. The van der Waals surface area contributed by atoms with Crippen molar-refractivity contribution in [1.82, 2.24) is 0 Å². The molecule has 0 amide bonds. The van der Waals surface area contributed by atoms with E-state index < -0.39 is 8.03 Å². The van der Waals surface area contributed by atoms with E-state index in [0.29, 0.717) is 6.61 Å². The molecule has 0 aliphatic heterocycles. The minimum absolute atomic E-state index is 0. The average molecular weight is 152 g/mol. The van der Waals surface area contributed by atoms with Gasteiger partial charge in [-0.1, -0.05) is 6.92 Å². The van der Waals surface area contributed by atoms with Crippen molar-refractivity contribution in [2.45, 2.75) is 13.3 Å². The summed E-state index contributed by atoms with van der Waals surface area (Å²) in [6, 6.07) is 0. The molecule has 0 rings (SSSR count). The standard InChI is InChI=1S/C4H11O2P.Al.3H/c1-3-4-6-7(2)5;;;;/h7H,3-4H2,1-2H3;;;;. The van der Waals surface area contributed by atoms with Crippen LogP contribution < -0.4 is 0 Å². The van der Waals surface area contributed by atoms with Gasteiger partial charge in [0, 0.05) is 6.66 Å². The predicted octanol–water partition coefficient (Wildman–Crippen LogP) is 0.334. The van der Waals surface area contributed by atoms with Gasteiger partial charge in [0.1, 0.15) is 0 Å². The second-order valence-corrected chi connectivity index (χ2v) is 2.61. The molecule has 0 aliphatic rings. The van der Waals surface area contributed by atoms with Gasteiger partial charge in [0.15, 0.2) is 25.4 Å². The topological polar surface area (TPSA) is 26.3 Å². The van der Waals surface area contributed by atoms with Gasteiger partial charge < -0.3 is 4.52 Å². The van der Waals surface area contributed by atoms with Crippen molar-refractivity contribution in [3.8, 4) is 0 Å². The van der Waals surface area contributed by atoms with Crippen molar-refractivity contribution in [3.05, 3.63) is 0 Å². The van der Waals surface area contributed by atoms with Crippen LogP contribution in [0, 0.1) is 0 Å². The Morgan fingerprint density at radius 3 is 2.25 bits per heavy atom. The normalized spacial score (nSPS) is 12.2. The van der Waals surface area contributed by atoms with Crippen LogP contribution in [0.25, 0.3) is 0 Å². The number of rotatable bonds is 3. The van der Waals surface area contributed by atoms with E-state index in [2.05, 4.69) is 0 Å². The Balaban J connectivity index is 0. The van der Waals surface area contributed by atoms with Crippen LogP contribution in [0.4, 0.5) is 0 Å². The lowest BCUT2D eigenvalue weighted by Gasteiger charge is -1.92. The Morgan fingerprint density at radius 2 is 2.12 bits per heavy atom. The first-order valence-electron chi connectivity index (χ1n) is 2.40. The highest BCUT2D eigenvalue weighted by Crippen LogP contribution is 2.14. The number of hydrogen-bond donors (Lipinski definition) is 0. The second-order valence-electron chi connectivity index (χ2n) is 1.34. The molecule has 4 heteroatoms. The van der Waals surface area contributed by atoms with E-state index in [4.69, 9.17) is 4.52 Å². The maximum atomic E-state index is 10.2. The summed E-state index contributed by atoms with van der Waals surface area (Å²) in [5, 5.41) is 0. The Morgan fingerprint density at radius 1 is 1.62 bits per heavy atom. The zero-order chi connectivity index (χ0) is 5.70. The highest BCUT2D eigenvalue weighted by atomic mass is 31.1. The largest absolute Gasteiger partial charge is 0.331 e. The van der Waals surface area contributed by atoms with E-state index >= 15 is 0 Å². The van der Waals surface area contributed by atoms with Gasteiger partial charge in [0.05, 0.1) is 6.61 Å². The summed E-state index contributed by atoms with van der Waals surface area (Å²) >= 11 is 0. The quantitative estimate of drug-likeness (QED) is 0.430. The summed E-state index contributed by atoms with van der Waals surface area (Å²) in [5.74, 6) is 0. The van der Waals surface area contributed by atoms with E-state index in [1.165, 1.54) is 0 Å². The molecule has 50 valence electrons. The smallest absolute Gasteiger partial charge is 0.188 e. The van der Waals surface area contributed by atoms with Crippen molar-refractivity contribution < 1.29 is 9.09 Å². The summed E-state index contributed by atoms with van der Waals surface area (Å²) in [6.45, 7) is 4.22. The van der Waals surface area contributed by atoms with Gasteiger partial charge in [-0.25, -0.2) is 0 Å². The van der Waals surface area contributed by atoms with Crippen LogP contribution in [0.2, 0.25) is 0 Å². The van der Waals surface area contributed by atoms with E-state index in [9.17, 15) is 4.57 Å². The van der Waals surface area contributed by atoms with Gasteiger partial charge in [-0.15, -0.1) is 0 Å². The average Bonchev–Trinajstić information content (AvgIpc) is 1.61. The van der Waals surface area contributed by atoms with Gasteiger partial charge in [0.25, 0.3) is 0 Å². The molecule has 0 heterocycles. The maximum absolute atomic E-state index is 10.2. The Kier molecular flexibility index (Phi) is 11.1. The highest BCUT2D eigenvalue weighted by Gasteiger charge is 1.83. The first kappa shape index (κ1) is 11.5. The molecule has 0 spiro atoms. The molecule has 0 bridgehead atoms. The molecule has 0 aromatic heterocycles. The maximum Gasteiger partial charge on any atom is 0.188 e. The molecule has 0 radical (unpaired) electrons. The minimum Gasteiger partial charge on any atom is -0.331 e. The highest BCUT2D eigenvalue weighted by molar-refractivity contribution is 7.38. The molecule has 8 heavy (non-hydrogen) atoms. The van der Waals surface area contributed by atoms with Gasteiger partial charge in [0.2, 0.25) is 0 Å². The summed E-state index contributed by atoms with van der Waals surface area (Å²) in [4.78, 5) is 0. The van der Waals surface area contributed by atoms with Gasteiger partial charge in [-0.05, 0) is 6.42 Å². The van der Waals surface area contributed by atoms with Gasteiger partial charge in [-0.2, -0.15) is 0 Å². The summed E-state index contributed by atoms with van der Waals surface area (Å²) in [5.41, 5.74) is 0. The minimum atomic E-state index is -1.65. The molecule has 0 aromatic rings. The lowest BCUT2D eigenvalue weighted by molar-refractivity contribution is 0.332. The summed E-state index contributed by atoms with van der Waals surface area (Å²) in [7, 11) is -1.65. The van der Waals surface area contributed by atoms with Crippen LogP contribution in [0.5, 0.6) is 0 Å². The fourth-order valence-electron chi connectivity index (χ4n) is 0.246. The second kappa shape index (κ2) is 7.72. The van der Waals surface area contributed by atoms with E-state index in [-0.39, 0.29) is 17.4 Å². The van der Waals surface area contributed by atoms with Gasteiger partial charge >= 0.3 is 0 Å². The lowest BCUT2D eigenvalue weighted by atomic mass is 10.5. The van der Waals surface area contributed by atoms with Crippen LogP contribution in [0.3, 0.4) is 0 Å². The van der Waals surface area contributed by atoms with E-state index in [1.54, 1.807) is 6.66 Å². The molecule has 0 saturated carbocycles. The molecule has 0 saturated heterocycles. The van der Waals surface area contributed by atoms with Crippen LogP contribution in [0.15, 0.2) is 0 Å². The van der Waals surface area contributed by atoms with Crippen molar-refractivity contribution in [2.24, 2.45) is 0 Å². The zero-order valence-corrected chi connectivity index (χ0v) is 5.73. The third-order valence-corrected chi connectivity index (χ3v) is 1.12. The van der Waals surface area contributed by atoms with Crippen LogP contribution in [-0.4, -0.2) is 30.6 Å². The molecule has 0 aromatic carbocycles. The molecule has 0 aliphatic carbocycles. The molecule has 2 nitrogen and oxygen atoms in total. The molecule has 0 N–H and O–H groups in total. The van der Waals surface area contributed by atoms with E-state index in [1.807, 2.05) is 6.92 Å². The van der Waals surface area contributed by atoms with Crippen molar-refractivity contribution >= 4 is 25.4 Å². The number of hydrogen-bond acceptors (Lipinski definition) is 2. The third-order valence-electron chi connectivity index (χ3n) is 0.509. The summed E-state index contributed by atoms with van der Waals surface area (Å²) in [6.07, 6.45) is 0.949. The van der Waals surface area contributed by atoms with Crippen molar-refractivity contribution in [3.63, 3.8) is 0 Å². The zero-order valence-electron chi connectivity index (χ0n) is 4.73. The summed E-state index contributed by atoms with van der Waals surface area (Å²) < 4.78 is 14.9. The fraction of sp³-hybridized carbons (Fsp3) is 1.00. The Labute approximate surface area is 61.6 Å². The molecule has 1 atom stereocenters. The fourth-order valence-corrected chi connectivity index (χ4v) is 0.737. The third kappa shape index (κ3) is 9.87. The Bertz CT molecular complexity index is 67.1. The Hall–Kier alpha value is 0.722. The predicted molar refractivity (Wildman–Crippen MR) is 41.1 cm³/mol. The lowest BCUT2D eigenvalue weighted by Crippen LogP contribution is -1.79. The molecule has 1 unspecified atom stereocenters. The molecular formula is C4H14AlO2P. The van der Waals surface area contributed by atoms with Crippen LogP contribution in [-0.2, 0) is 9.09 Å². The SMILES string of the molecule is CCCO[PH](C)=O.[AlH3]. The van der Waals surface area contributed by atoms with E-state index in [0.717, 1.165) is 6.42 Å². The van der Waals surface area contributed by atoms with Gasteiger partial charge in [-0.3, -0.25) is 4.57 Å².